The van der Waals surface area contributed by atoms with Crippen molar-refractivity contribution in [1.29, 1.82) is 0 Å². The Hall–Kier alpha value is -2.67. The Morgan fingerprint density at radius 3 is 2.63 bits per heavy atom. The summed E-state index contributed by atoms with van der Waals surface area (Å²) in [5, 5.41) is 4.01. The van der Waals surface area contributed by atoms with Crippen LogP contribution >= 0.6 is 0 Å². The molecular weight excluding hydrogens is 246 g/mol. The van der Waals surface area contributed by atoms with E-state index in [4.69, 9.17) is 11.6 Å². The Labute approximate surface area is 109 Å². The predicted molar refractivity (Wildman–Crippen MR) is 67.9 cm³/mol. The smallest absolute Gasteiger partial charge is 0.269 e. The molecule has 0 saturated heterocycles. The van der Waals surface area contributed by atoms with E-state index in [2.05, 4.69) is 10.5 Å². The lowest BCUT2D eigenvalue weighted by molar-refractivity contribution is 0.0950. The van der Waals surface area contributed by atoms with Crippen LogP contribution in [0, 0.1) is 0 Å². The summed E-state index contributed by atoms with van der Waals surface area (Å²) in [5.74, 6) is 4.16. The SMILES string of the molecule is NNC(=O)c1ccccc1Cn1ccc(C(N)=O)n1. The van der Waals surface area contributed by atoms with Gasteiger partial charge in [0.1, 0.15) is 5.69 Å². The van der Waals surface area contributed by atoms with Crippen molar-refractivity contribution in [2.24, 2.45) is 11.6 Å². The van der Waals surface area contributed by atoms with Crippen molar-refractivity contribution in [1.82, 2.24) is 15.2 Å². The average molecular weight is 259 g/mol. The van der Waals surface area contributed by atoms with E-state index in [1.807, 2.05) is 0 Å². The van der Waals surface area contributed by atoms with Gasteiger partial charge in [-0.2, -0.15) is 5.10 Å². The lowest BCUT2D eigenvalue weighted by Gasteiger charge is -2.08. The van der Waals surface area contributed by atoms with Gasteiger partial charge in [0.25, 0.3) is 11.8 Å². The zero-order valence-electron chi connectivity index (χ0n) is 10.0. The number of nitrogen functional groups attached to an aromatic ring is 1. The van der Waals surface area contributed by atoms with Gasteiger partial charge < -0.3 is 5.73 Å². The van der Waals surface area contributed by atoms with E-state index >= 15 is 0 Å². The van der Waals surface area contributed by atoms with Crippen molar-refractivity contribution < 1.29 is 9.59 Å². The lowest BCUT2D eigenvalue weighted by Crippen LogP contribution is -2.31. The molecule has 0 spiro atoms. The molecule has 2 rings (SSSR count). The maximum absolute atomic E-state index is 11.6. The van der Waals surface area contributed by atoms with Gasteiger partial charge in [0.2, 0.25) is 0 Å². The maximum Gasteiger partial charge on any atom is 0.269 e. The molecule has 0 aliphatic rings. The molecule has 0 aliphatic heterocycles. The molecule has 7 nitrogen and oxygen atoms in total. The van der Waals surface area contributed by atoms with Crippen molar-refractivity contribution in [2.75, 3.05) is 0 Å². The minimum atomic E-state index is -0.591. The van der Waals surface area contributed by atoms with Crippen LogP contribution in [0.2, 0.25) is 0 Å². The fourth-order valence-electron chi connectivity index (χ4n) is 1.71. The van der Waals surface area contributed by atoms with Crippen LogP contribution in [0.1, 0.15) is 26.4 Å². The van der Waals surface area contributed by atoms with Gasteiger partial charge in [0.05, 0.1) is 6.54 Å². The molecule has 0 atom stereocenters. The first kappa shape index (κ1) is 12.8. The van der Waals surface area contributed by atoms with E-state index in [-0.39, 0.29) is 11.6 Å². The third kappa shape index (κ3) is 2.78. The molecule has 98 valence electrons. The molecule has 0 radical (unpaired) electrons. The standard InChI is InChI=1S/C12H13N5O2/c13-11(18)10-5-6-17(16-10)7-8-3-1-2-4-9(8)12(19)15-14/h1-6H,7,14H2,(H2,13,18)(H,15,19). The number of aromatic nitrogens is 2. The number of primary amides is 1. The number of hydrogen-bond acceptors (Lipinski definition) is 4. The Morgan fingerprint density at radius 1 is 1.26 bits per heavy atom. The molecule has 1 aromatic carbocycles. The molecule has 1 aromatic heterocycles. The summed E-state index contributed by atoms with van der Waals surface area (Å²) in [6.45, 7) is 0.344. The first-order chi connectivity index (χ1) is 9.11. The van der Waals surface area contributed by atoms with Gasteiger partial charge in [-0.1, -0.05) is 18.2 Å². The normalized spacial score (nSPS) is 10.2. The highest BCUT2D eigenvalue weighted by Gasteiger charge is 2.11. The summed E-state index contributed by atoms with van der Waals surface area (Å²) in [5.41, 5.74) is 8.59. The highest BCUT2D eigenvalue weighted by molar-refractivity contribution is 5.95. The van der Waals surface area contributed by atoms with Gasteiger partial charge in [-0.15, -0.1) is 0 Å². The summed E-state index contributed by atoms with van der Waals surface area (Å²) in [4.78, 5) is 22.6. The number of amides is 2. The number of carbonyl (C=O) groups is 2. The lowest BCUT2D eigenvalue weighted by atomic mass is 10.1. The summed E-state index contributed by atoms with van der Waals surface area (Å²) in [6.07, 6.45) is 1.62. The third-order valence-electron chi connectivity index (χ3n) is 2.62. The fourth-order valence-corrected chi connectivity index (χ4v) is 1.71. The molecular formula is C12H13N5O2. The van der Waals surface area contributed by atoms with Crippen LogP contribution in [-0.4, -0.2) is 21.6 Å². The second kappa shape index (κ2) is 5.32. The number of nitrogens with two attached hydrogens (primary N) is 2. The van der Waals surface area contributed by atoms with Gasteiger partial charge in [-0.05, 0) is 17.7 Å². The van der Waals surface area contributed by atoms with E-state index in [0.29, 0.717) is 12.1 Å². The Balaban J connectivity index is 2.27. The molecule has 0 unspecified atom stereocenters. The number of nitrogens with one attached hydrogen (secondary N) is 1. The number of carbonyl (C=O) groups excluding carboxylic acids is 2. The molecule has 0 aliphatic carbocycles. The zero-order chi connectivity index (χ0) is 13.8. The minimum Gasteiger partial charge on any atom is -0.364 e. The highest BCUT2D eigenvalue weighted by atomic mass is 16.2. The summed E-state index contributed by atoms with van der Waals surface area (Å²) in [6, 6.07) is 8.52. The maximum atomic E-state index is 11.6. The van der Waals surface area contributed by atoms with Crippen LogP contribution in [0.5, 0.6) is 0 Å². The van der Waals surface area contributed by atoms with E-state index in [0.717, 1.165) is 5.56 Å². The van der Waals surface area contributed by atoms with E-state index < -0.39 is 5.91 Å². The molecule has 7 heteroatoms. The zero-order valence-corrected chi connectivity index (χ0v) is 10.0. The number of benzene rings is 1. The van der Waals surface area contributed by atoms with Crippen LogP contribution in [0.4, 0.5) is 0 Å². The quantitative estimate of drug-likeness (QED) is 0.394. The van der Waals surface area contributed by atoms with Crippen LogP contribution in [0.3, 0.4) is 0 Å². The molecule has 2 amide bonds. The van der Waals surface area contributed by atoms with Crippen molar-refractivity contribution in [3.63, 3.8) is 0 Å². The summed E-state index contributed by atoms with van der Waals surface area (Å²) < 4.78 is 1.53. The molecule has 19 heavy (non-hydrogen) atoms. The van der Waals surface area contributed by atoms with Gasteiger partial charge in [0, 0.05) is 11.8 Å². The number of rotatable bonds is 4. The van der Waals surface area contributed by atoms with E-state index in [1.165, 1.54) is 10.7 Å². The van der Waals surface area contributed by atoms with Crippen LogP contribution in [0.15, 0.2) is 36.5 Å². The average Bonchev–Trinajstić information content (AvgIpc) is 2.87. The Kier molecular flexibility index (Phi) is 3.58. The summed E-state index contributed by atoms with van der Waals surface area (Å²) >= 11 is 0. The number of hydrogen-bond donors (Lipinski definition) is 3. The van der Waals surface area contributed by atoms with Crippen LogP contribution < -0.4 is 17.0 Å². The van der Waals surface area contributed by atoms with Gasteiger partial charge in [-0.25, -0.2) is 5.84 Å². The van der Waals surface area contributed by atoms with Crippen molar-refractivity contribution >= 4 is 11.8 Å². The van der Waals surface area contributed by atoms with E-state index in [1.54, 1.807) is 30.5 Å². The van der Waals surface area contributed by atoms with Gasteiger partial charge in [0.15, 0.2) is 0 Å². The Bertz CT molecular complexity index is 620. The monoisotopic (exact) mass is 259 g/mol. The van der Waals surface area contributed by atoms with Crippen molar-refractivity contribution in [3.05, 3.63) is 53.3 Å². The largest absolute Gasteiger partial charge is 0.364 e. The first-order valence-corrected chi connectivity index (χ1v) is 5.54. The topological polar surface area (TPSA) is 116 Å². The highest BCUT2D eigenvalue weighted by Crippen LogP contribution is 2.10. The predicted octanol–water partition coefficient (Wildman–Crippen LogP) is -0.366. The second-order valence-electron chi connectivity index (χ2n) is 3.89. The molecule has 0 fully saturated rings. The molecule has 0 saturated carbocycles. The van der Waals surface area contributed by atoms with Crippen LogP contribution in [-0.2, 0) is 6.54 Å². The third-order valence-corrected chi connectivity index (χ3v) is 2.62. The van der Waals surface area contributed by atoms with Crippen molar-refractivity contribution in [2.45, 2.75) is 6.54 Å². The second-order valence-corrected chi connectivity index (χ2v) is 3.89. The minimum absolute atomic E-state index is 0.181. The Morgan fingerprint density at radius 2 is 2.00 bits per heavy atom. The fraction of sp³-hybridized carbons (Fsp3) is 0.0833. The van der Waals surface area contributed by atoms with E-state index in [9.17, 15) is 9.59 Å². The van der Waals surface area contributed by atoms with Crippen molar-refractivity contribution in [3.8, 4) is 0 Å². The van der Waals surface area contributed by atoms with Crippen LogP contribution in [0.25, 0.3) is 0 Å². The molecule has 2 aromatic rings. The van der Waals surface area contributed by atoms with Gasteiger partial charge >= 0.3 is 0 Å². The number of hydrazine groups is 1. The molecule has 0 bridgehead atoms. The van der Waals surface area contributed by atoms with Gasteiger partial charge in [-0.3, -0.25) is 19.7 Å². The first-order valence-electron chi connectivity index (χ1n) is 5.54. The summed E-state index contributed by atoms with van der Waals surface area (Å²) in [7, 11) is 0. The molecule has 1 heterocycles. The number of nitrogens with zero attached hydrogens (tertiary/aromatic N) is 2. The molecule has 5 N–H and O–H groups in total.